The van der Waals surface area contributed by atoms with E-state index in [2.05, 4.69) is 0 Å². The lowest BCUT2D eigenvalue weighted by molar-refractivity contribution is -0.121. The van der Waals surface area contributed by atoms with Gasteiger partial charge in [-0.3, -0.25) is 9.59 Å². The van der Waals surface area contributed by atoms with Crippen molar-refractivity contribution in [2.24, 2.45) is 0 Å². The Morgan fingerprint density at radius 3 is 2.94 bits per heavy atom. The molecule has 1 amide bonds. The molecule has 4 nitrogen and oxygen atoms in total. The summed E-state index contributed by atoms with van der Waals surface area (Å²) in [5.74, 6) is 0.931. The first-order valence-electron chi connectivity index (χ1n) is 6.15. The minimum Gasteiger partial charge on any atom is -0.482 e. The van der Waals surface area contributed by atoms with Gasteiger partial charge in [0.1, 0.15) is 11.5 Å². The van der Waals surface area contributed by atoms with E-state index in [1.807, 2.05) is 25.1 Å². The molecule has 18 heavy (non-hydrogen) atoms. The number of nitrogens with zero attached hydrogens (tertiary/aromatic N) is 1. The molecule has 1 aliphatic heterocycles. The van der Waals surface area contributed by atoms with Crippen LogP contribution in [0.1, 0.15) is 25.3 Å². The summed E-state index contributed by atoms with van der Waals surface area (Å²) in [6.45, 7) is 1.96. The zero-order valence-corrected chi connectivity index (χ0v) is 10.7. The Morgan fingerprint density at radius 2 is 2.22 bits per heavy atom. The predicted molar refractivity (Wildman–Crippen MR) is 69.0 cm³/mol. The van der Waals surface area contributed by atoms with Crippen LogP contribution in [-0.2, 0) is 16.0 Å². The molecule has 96 valence electrons. The molecule has 0 radical (unpaired) electrons. The Bertz CT molecular complexity index is 482. The van der Waals surface area contributed by atoms with Crippen LogP contribution < -0.4 is 9.64 Å². The van der Waals surface area contributed by atoms with Crippen molar-refractivity contribution in [1.29, 1.82) is 0 Å². The minimum absolute atomic E-state index is 0.0516. The van der Waals surface area contributed by atoms with Crippen LogP contribution in [0.4, 0.5) is 5.69 Å². The van der Waals surface area contributed by atoms with Crippen LogP contribution in [-0.4, -0.2) is 25.3 Å². The van der Waals surface area contributed by atoms with Crippen LogP contribution in [0.15, 0.2) is 18.2 Å². The monoisotopic (exact) mass is 247 g/mol. The van der Waals surface area contributed by atoms with Crippen molar-refractivity contribution in [3.05, 3.63) is 23.8 Å². The average Bonchev–Trinajstić information content (AvgIpc) is 2.40. The number of ketones is 1. The molecule has 0 saturated heterocycles. The van der Waals surface area contributed by atoms with E-state index < -0.39 is 0 Å². The zero-order valence-electron chi connectivity index (χ0n) is 10.7. The van der Waals surface area contributed by atoms with Crippen molar-refractivity contribution in [3.63, 3.8) is 0 Å². The molecule has 0 atom stereocenters. The van der Waals surface area contributed by atoms with E-state index in [4.69, 9.17) is 4.74 Å². The van der Waals surface area contributed by atoms with E-state index in [0.29, 0.717) is 19.3 Å². The van der Waals surface area contributed by atoms with Gasteiger partial charge in [-0.2, -0.15) is 0 Å². The number of carbonyl (C=O) groups is 2. The van der Waals surface area contributed by atoms with E-state index in [-0.39, 0.29) is 18.3 Å². The predicted octanol–water partition coefficient (Wildman–Crippen LogP) is 1.95. The fraction of sp³-hybridized carbons (Fsp3) is 0.429. The Morgan fingerprint density at radius 1 is 1.44 bits per heavy atom. The van der Waals surface area contributed by atoms with E-state index in [9.17, 15) is 9.59 Å². The molecular weight excluding hydrogens is 230 g/mol. The lowest BCUT2D eigenvalue weighted by Gasteiger charge is -2.26. The summed E-state index contributed by atoms with van der Waals surface area (Å²) < 4.78 is 5.35. The third-order valence-electron chi connectivity index (χ3n) is 3.20. The van der Waals surface area contributed by atoms with E-state index >= 15 is 0 Å². The maximum atomic E-state index is 11.5. The SMILES string of the molecule is CCC(=O)CCc1ccc2c(c1)N(C)C(=O)CO2. The maximum Gasteiger partial charge on any atom is 0.264 e. The van der Waals surface area contributed by atoms with E-state index in [0.717, 1.165) is 17.0 Å². The molecule has 0 aliphatic carbocycles. The average molecular weight is 247 g/mol. The van der Waals surface area contributed by atoms with Crippen LogP contribution in [0.5, 0.6) is 5.75 Å². The molecule has 1 heterocycles. The smallest absolute Gasteiger partial charge is 0.264 e. The molecule has 2 rings (SSSR count). The molecule has 0 fully saturated rings. The lowest BCUT2D eigenvalue weighted by Crippen LogP contribution is -2.35. The number of amides is 1. The fourth-order valence-electron chi connectivity index (χ4n) is 1.93. The van der Waals surface area contributed by atoms with E-state index in [1.165, 1.54) is 0 Å². The van der Waals surface area contributed by atoms with Gasteiger partial charge >= 0.3 is 0 Å². The van der Waals surface area contributed by atoms with Gasteiger partial charge in [0.2, 0.25) is 0 Å². The van der Waals surface area contributed by atoms with Gasteiger partial charge in [-0.25, -0.2) is 0 Å². The molecule has 0 spiro atoms. The third-order valence-corrected chi connectivity index (χ3v) is 3.20. The topological polar surface area (TPSA) is 46.6 Å². The highest BCUT2D eigenvalue weighted by atomic mass is 16.5. The van der Waals surface area contributed by atoms with Crippen molar-refractivity contribution in [2.45, 2.75) is 26.2 Å². The molecule has 0 bridgehead atoms. The summed E-state index contributed by atoms with van der Waals surface area (Å²) in [6, 6.07) is 5.74. The summed E-state index contributed by atoms with van der Waals surface area (Å²) in [6.07, 6.45) is 1.84. The second kappa shape index (κ2) is 5.21. The van der Waals surface area contributed by atoms with Gasteiger partial charge in [0.15, 0.2) is 6.61 Å². The van der Waals surface area contributed by atoms with Crippen LogP contribution in [0, 0.1) is 0 Å². The normalized spacial score (nSPS) is 14.1. The van der Waals surface area contributed by atoms with Crippen LogP contribution in [0.2, 0.25) is 0 Å². The second-order valence-electron chi connectivity index (χ2n) is 4.44. The number of ether oxygens (including phenoxy) is 1. The maximum absolute atomic E-state index is 11.5. The lowest BCUT2D eigenvalue weighted by atomic mass is 10.0. The van der Waals surface area contributed by atoms with Gasteiger partial charge in [0.05, 0.1) is 5.69 Å². The van der Waals surface area contributed by atoms with Crippen molar-refractivity contribution >= 4 is 17.4 Å². The summed E-state index contributed by atoms with van der Waals surface area (Å²) >= 11 is 0. The summed E-state index contributed by atoms with van der Waals surface area (Å²) in [5.41, 5.74) is 1.84. The summed E-state index contributed by atoms with van der Waals surface area (Å²) in [5, 5.41) is 0. The van der Waals surface area contributed by atoms with Gasteiger partial charge in [-0.1, -0.05) is 13.0 Å². The van der Waals surface area contributed by atoms with Crippen LogP contribution in [0.25, 0.3) is 0 Å². The molecule has 0 unspecified atom stereocenters. The number of carbonyl (C=O) groups excluding carboxylic acids is 2. The molecular formula is C14H17NO3. The Balaban J connectivity index is 2.16. The number of rotatable bonds is 4. The van der Waals surface area contributed by atoms with Crippen LogP contribution in [0.3, 0.4) is 0 Å². The summed E-state index contributed by atoms with van der Waals surface area (Å²) in [4.78, 5) is 24.4. The molecule has 0 saturated carbocycles. The molecule has 1 aromatic carbocycles. The highest BCUT2D eigenvalue weighted by Crippen LogP contribution is 2.32. The summed E-state index contributed by atoms with van der Waals surface area (Å²) in [7, 11) is 1.74. The zero-order chi connectivity index (χ0) is 13.1. The number of anilines is 1. The first-order valence-corrected chi connectivity index (χ1v) is 6.15. The Kier molecular flexibility index (Phi) is 3.65. The number of hydrogen-bond acceptors (Lipinski definition) is 3. The molecule has 0 aromatic heterocycles. The first-order chi connectivity index (χ1) is 8.61. The van der Waals surface area contributed by atoms with Crippen molar-refractivity contribution in [2.75, 3.05) is 18.6 Å². The number of fused-ring (bicyclic) bond motifs is 1. The molecule has 1 aliphatic rings. The van der Waals surface area contributed by atoms with Gasteiger partial charge in [-0.05, 0) is 24.1 Å². The highest BCUT2D eigenvalue weighted by Gasteiger charge is 2.22. The van der Waals surface area contributed by atoms with E-state index in [1.54, 1.807) is 11.9 Å². The van der Waals surface area contributed by atoms with Gasteiger partial charge < -0.3 is 9.64 Å². The number of benzene rings is 1. The molecule has 0 N–H and O–H groups in total. The standard InChI is InChI=1S/C14H17NO3/c1-3-11(16)6-4-10-5-7-13-12(8-10)15(2)14(17)9-18-13/h5,7-8H,3-4,6,9H2,1-2H3. The Labute approximate surface area is 107 Å². The number of aryl methyl sites for hydroxylation is 1. The first kappa shape index (κ1) is 12.6. The number of hydrogen-bond donors (Lipinski definition) is 0. The second-order valence-corrected chi connectivity index (χ2v) is 4.44. The van der Waals surface area contributed by atoms with Gasteiger partial charge in [0, 0.05) is 19.9 Å². The largest absolute Gasteiger partial charge is 0.482 e. The Hall–Kier alpha value is -1.84. The van der Waals surface area contributed by atoms with Crippen molar-refractivity contribution in [1.82, 2.24) is 0 Å². The third kappa shape index (κ3) is 2.53. The minimum atomic E-state index is -0.0516. The number of likely N-dealkylation sites (N-methyl/N-ethyl adjacent to an activating group) is 1. The number of Topliss-reactive ketones (excluding diaryl/α,β-unsaturated/α-hetero) is 1. The van der Waals surface area contributed by atoms with Gasteiger partial charge in [0.25, 0.3) is 5.91 Å². The molecule has 1 aromatic rings. The fourth-order valence-corrected chi connectivity index (χ4v) is 1.93. The quantitative estimate of drug-likeness (QED) is 0.817. The van der Waals surface area contributed by atoms with Crippen molar-refractivity contribution in [3.8, 4) is 5.75 Å². The molecule has 4 heteroatoms. The van der Waals surface area contributed by atoms with Gasteiger partial charge in [-0.15, -0.1) is 0 Å². The van der Waals surface area contributed by atoms with Crippen molar-refractivity contribution < 1.29 is 14.3 Å². The van der Waals surface area contributed by atoms with Crippen LogP contribution >= 0.6 is 0 Å². The highest BCUT2D eigenvalue weighted by molar-refractivity contribution is 5.97.